The number of nitrogens with one attached hydrogen (secondary N) is 1. The monoisotopic (exact) mass is 454 g/mol. The van der Waals surface area contributed by atoms with Crippen molar-refractivity contribution in [2.75, 3.05) is 5.01 Å². The van der Waals surface area contributed by atoms with E-state index < -0.39 is 6.03 Å². The van der Waals surface area contributed by atoms with Crippen LogP contribution in [0.4, 0.5) is 10.5 Å². The van der Waals surface area contributed by atoms with E-state index in [9.17, 15) is 9.59 Å². The van der Waals surface area contributed by atoms with Crippen molar-refractivity contribution in [3.8, 4) is 11.5 Å². The third-order valence-corrected chi connectivity index (χ3v) is 4.95. The van der Waals surface area contributed by atoms with Gasteiger partial charge in [0.2, 0.25) is 0 Å². The number of halogens is 2. The van der Waals surface area contributed by atoms with E-state index in [0.717, 1.165) is 10.6 Å². The van der Waals surface area contributed by atoms with Crippen molar-refractivity contribution in [3.05, 3.63) is 99.0 Å². The average molecular weight is 455 g/mol. The first-order chi connectivity index (χ1) is 14.9. The molecule has 0 radical (unpaired) electrons. The van der Waals surface area contributed by atoms with Crippen LogP contribution in [0.1, 0.15) is 5.56 Å². The van der Waals surface area contributed by atoms with Crippen molar-refractivity contribution in [1.29, 1.82) is 0 Å². The normalized spacial score (nSPS) is 13.3. The molecule has 2 heterocycles. The molecule has 7 nitrogen and oxygen atoms in total. The van der Waals surface area contributed by atoms with Gasteiger partial charge in [-0.15, -0.1) is 0 Å². The summed E-state index contributed by atoms with van der Waals surface area (Å²) in [4.78, 5) is 24.3. The number of carbonyl (C=O) groups excluding carboxylic acids is 1. The Morgan fingerprint density at radius 1 is 1.03 bits per heavy atom. The van der Waals surface area contributed by atoms with Gasteiger partial charge in [-0.3, -0.25) is 4.79 Å². The summed E-state index contributed by atoms with van der Waals surface area (Å²) in [6.07, 6.45) is 2.99. The Labute approximate surface area is 187 Å². The minimum absolute atomic E-state index is 0.167. The third-order valence-electron chi connectivity index (χ3n) is 4.39. The van der Waals surface area contributed by atoms with E-state index >= 15 is 0 Å². The Morgan fingerprint density at radius 2 is 1.74 bits per heavy atom. The van der Waals surface area contributed by atoms with Crippen LogP contribution in [-0.2, 0) is 6.54 Å². The summed E-state index contributed by atoms with van der Waals surface area (Å²) in [6.45, 7) is 4.02. The number of aromatic nitrogens is 1. The summed E-state index contributed by atoms with van der Waals surface area (Å²) >= 11 is 12.8. The highest BCUT2D eigenvalue weighted by atomic mass is 35.5. The molecular formula is C22H16Cl2N4O3. The number of urea groups is 1. The molecule has 0 spiro atoms. The zero-order valence-corrected chi connectivity index (χ0v) is 17.6. The fourth-order valence-corrected chi connectivity index (χ4v) is 3.50. The van der Waals surface area contributed by atoms with Gasteiger partial charge in [-0.05, 0) is 23.8 Å². The van der Waals surface area contributed by atoms with Crippen LogP contribution in [0.2, 0.25) is 10.0 Å². The maximum absolute atomic E-state index is 12.2. The van der Waals surface area contributed by atoms with Crippen LogP contribution in [0.3, 0.4) is 0 Å². The van der Waals surface area contributed by atoms with E-state index in [1.165, 1.54) is 29.0 Å². The molecule has 3 aromatic rings. The number of carbonyl (C=O) groups is 1. The number of anilines is 1. The second kappa shape index (κ2) is 8.67. The van der Waals surface area contributed by atoms with Crippen LogP contribution in [0.15, 0.2) is 83.0 Å². The van der Waals surface area contributed by atoms with E-state index in [1.807, 2.05) is 30.3 Å². The molecule has 0 unspecified atom stereocenters. The number of hydrogen-bond donors (Lipinski definition) is 1. The molecule has 156 valence electrons. The highest BCUT2D eigenvalue weighted by Gasteiger charge is 2.22. The van der Waals surface area contributed by atoms with Gasteiger partial charge in [0, 0.05) is 6.07 Å². The lowest BCUT2D eigenvalue weighted by atomic mass is 10.2. The number of pyridine rings is 1. The molecule has 0 bridgehead atoms. The molecule has 4 rings (SSSR count). The Morgan fingerprint density at radius 3 is 2.42 bits per heavy atom. The lowest BCUT2D eigenvalue weighted by Crippen LogP contribution is -2.40. The molecule has 1 N–H and O–H groups in total. The van der Waals surface area contributed by atoms with Gasteiger partial charge >= 0.3 is 6.03 Å². The first-order valence-electron chi connectivity index (χ1n) is 9.16. The molecule has 2 amide bonds. The molecule has 0 fully saturated rings. The second-order valence-electron chi connectivity index (χ2n) is 6.67. The van der Waals surface area contributed by atoms with E-state index in [2.05, 4.69) is 17.0 Å². The summed E-state index contributed by atoms with van der Waals surface area (Å²) < 4.78 is 7.39. The zero-order chi connectivity index (χ0) is 22.0. The zero-order valence-electron chi connectivity index (χ0n) is 16.1. The van der Waals surface area contributed by atoms with E-state index in [4.69, 9.17) is 27.9 Å². The fourth-order valence-electron chi connectivity index (χ4n) is 2.94. The van der Waals surface area contributed by atoms with Crippen LogP contribution in [0.25, 0.3) is 0 Å². The van der Waals surface area contributed by atoms with Crippen molar-refractivity contribution in [2.24, 2.45) is 5.10 Å². The number of benzene rings is 2. The number of hydrogen-bond acceptors (Lipinski definition) is 4. The van der Waals surface area contributed by atoms with Gasteiger partial charge in [0.1, 0.15) is 5.75 Å². The van der Waals surface area contributed by atoms with Gasteiger partial charge in [-0.2, -0.15) is 10.1 Å². The van der Waals surface area contributed by atoms with Crippen molar-refractivity contribution in [3.63, 3.8) is 0 Å². The van der Waals surface area contributed by atoms with Gasteiger partial charge in [0.05, 0.1) is 40.4 Å². The summed E-state index contributed by atoms with van der Waals surface area (Å²) in [5.41, 5.74) is 1.55. The summed E-state index contributed by atoms with van der Waals surface area (Å²) in [7, 11) is 0. The summed E-state index contributed by atoms with van der Waals surface area (Å²) in [6, 6.07) is 15.1. The van der Waals surface area contributed by atoms with Gasteiger partial charge < -0.3 is 14.6 Å². The van der Waals surface area contributed by atoms with Crippen molar-refractivity contribution >= 4 is 41.1 Å². The van der Waals surface area contributed by atoms with Crippen molar-refractivity contribution in [1.82, 2.24) is 9.88 Å². The highest BCUT2D eigenvalue weighted by molar-refractivity contribution is 6.37. The van der Waals surface area contributed by atoms with Gasteiger partial charge in [0.25, 0.3) is 5.56 Å². The predicted octanol–water partition coefficient (Wildman–Crippen LogP) is 5.02. The molecule has 0 aliphatic carbocycles. The van der Waals surface area contributed by atoms with E-state index in [1.54, 1.807) is 12.3 Å². The molecule has 1 aliphatic rings. The lowest BCUT2D eigenvalue weighted by Gasteiger charge is -2.22. The van der Waals surface area contributed by atoms with Crippen LogP contribution in [-0.4, -0.2) is 16.8 Å². The maximum Gasteiger partial charge on any atom is 0.347 e. The number of hydrazone groups is 1. The summed E-state index contributed by atoms with van der Waals surface area (Å²) in [5.74, 6) is 0.583. The Balaban J connectivity index is 1.60. The maximum atomic E-state index is 12.2. The number of ether oxygens (including phenoxy) is 1. The van der Waals surface area contributed by atoms with Crippen molar-refractivity contribution < 1.29 is 9.53 Å². The molecule has 0 atom stereocenters. The Bertz CT molecular complexity index is 1230. The predicted molar refractivity (Wildman–Crippen MR) is 121 cm³/mol. The van der Waals surface area contributed by atoms with Crippen LogP contribution >= 0.6 is 23.2 Å². The molecule has 0 saturated carbocycles. The molecule has 1 aromatic heterocycles. The SMILES string of the molecule is C=C1C=NN(c2cc(Cl)c(Oc3ccc(=O)n(Cc4ccccc4)c3)c(Cl)c2)C(=O)N1. The quantitative estimate of drug-likeness (QED) is 0.587. The first-order valence-corrected chi connectivity index (χ1v) is 9.91. The minimum atomic E-state index is -0.485. The van der Waals surface area contributed by atoms with Crippen molar-refractivity contribution in [2.45, 2.75) is 6.54 Å². The molecule has 0 saturated heterocycles. The number of allylic oxidation sites excluding steroid dienone is 1. The topological polar surface area (TPSA) is 75.9 Å². The molecule has 2 aromatic carbocycles. The average Bonchev–Trinajstić information content (AvgIpc) is 2.73. The highest BCUT2D eigenvalue weighted by Crippen LogP contribution is 2.40. The van der Waals surface area contributed by atoms with Crippen LogP contribution in [0, 0.1) is 0 Å². The Hall–Kier alpha value is -3.55. The summed E-state index contributed by atoms with van der Waals surface area (Å²) in [5, 5.41) is 8.03. The second-order valence-corrected chi connectivity index (χ2v) is 7.48. The molecule has 31 heavy (non-hydrogen) atoms. The van der Waals surface area contributed by atoms with E-state index in [-0.39, 0.29) is 21.4 Å². The lowest BCUT2D eigenvalue weighted by molar-refractivity contribution is 0.248. The molecule has 1 aliphatic heterocycles. The Kier molecular flexibility index (Phi) is 5.79. The first kappa shape index (κ1) is 20.7. The molecule has 9 heteroatoms. The number of nitrogens with zero attached hydrogens (tertiary/aromatic N) is 3. The van der Waals surface area contributed by atoms with Gasteiger partial charge in [-0.25, -0.2) is 4.79 Å². The van der Waals surface area contributed by atoms with Crippen LogP contribution in [0.5, 0.6) is 11.5 Å². The minimum Gasteiger partial charge on any atom is -0.453 e. The largest absolute Gasteiger partial charge is 0.453 e. The fraction of sp³-hybridized carbons (Fsp3) is 0.0455. The van der Waals surface area contributed by atoms with Gasteiger partial charge in [0.15, 0.2) is 5.75 Å². The van der Waals surface area contributed by atoms with E-state index in [0.29, 0.717) is 23.7 Å². The van der Waals surface area contributed by atoms with Gasteiger partial charge in [-0.1, -0.05) is 60.1 Å². The molecular weight excluding hydrogens is 439 g/mol. The standard InChI is InChI=1S/C22H16Cl2N4O3/c1-14-11-25-28(22(30)26-14)16-9-18(23)21(19(24)10-16)31-17-7-8-20(29)27(13-17)12-15-5-3-2-4-6-15/h2-11,13H,1,12H2,(H,26,30). The smallest absolute Gasteiger partial charge is 0.347 e. The van der Waals surface area contributed by atoms with Crippen LogP contribution < -0.4 is 20.6 Å². The number of amides is 2. The number of rotatable bonds is 5. The third kappa shape index (κ3) is 4.63.